The number of aromatic nitrogens is 1. The van der Waals surface area contributed by atoms with Gasteiger partial charge in [-0.25, -0.2) is 0 Å². The highest BCUT2D eigenvalue weighted by Crippen LogP contribution is 2.41. The van der Waals surface area contributed by atoms with Gasteiger partial charge in [-0.3, -0.25) is 4.79 Å². The molecule has 0 fully saturated rings. The van der Waals surface area contributed by atoms with Gasteiger partial charge in [0.2, 0.25) is 0 Å². The first kappa shape index (κ1) is 16.9. The van der Waals surface area contributed by atoms with Crippen molar-refractivity contribution < 1.29 is 18.0 Å². The van der Waals surface area contributed by atoms with E-state index in [1.54, 1.807) is 52.9 Å². The number of benzene rings is 3. The Balaban J connectivity index is 1.99. The number of carbonyl (C=O) groups excluding carboxylic acids is 1. The molecule has 2 heterocycles. The fourth-order valence-electron chi connectivity index (χ4n) is 4.17. The van der Waals surface area contributed by atoms with E-state index < -0.39 is 11.7 Å². The van der Waals surface area contributed by atoms with Gasteiger partial charge in [-0.15, -0.1) is 0 Å². The molecule has 0 saturated heterocycles. The number of halogens is 3. The molecule has 5 rings (SSSR count). The first-order valence-corrected chi connectivity index (χ1v) is 8.85. The van der Waals surface area contributed by atoms with E-state index >= 15 is 0 Å². The second-order valence-corrected chi connectivity index (χ2v) is 7.02. The lowest BCUT2D eigenvalue weighted by atomic mass is 10.1. The molecule has 0 spiro atoms. The number of nitrogens with zero attached hydrogens (tertiary/aromatic N) is 2. The fraction of sp³-hybridized carbons (Fsp3) is 0.136. The van der Waals surface area contributed by atoms with Gasteiger partial charge in [-0.05, 0) is 23.8 Å². The third-order valence-corrected chi connectivity index (χ3v) is 5.34. The average Bonchev–Trinajstić information content (AvgIpc) is 3.15. The SMILES string of the molecule is CN1Cc2cccc(-n3c4ccccc4c4cccc(C(F)(F)F)c43)c2C1=O. The van der Waals surface area contributed by atoms with Crippen LogP contribution in [0.5, 0.6) is 0 Å². The maximum absolute atomic E-state index is 13.9. The summed E-state index contributed by atoms with van der Waals surface area (Å²) < 4.78 is 43.2. The Morgan fingerprint density at radius 2 is 1.61 bits per heavy atom. The van der Waals surface area contributed by atoms with E-state index in [-0.39, 0.29) is 11.4 Å². The Hall–Kier alpha value is -3.28. The highest BCUT2D eigenvalue weighted by atomic mass is 19.4. The van der Waals surface area contributed by atoms with Gasteiger partial charge in [0.25, 0.3) is 5.91 Å². The van der Waals surface area contributed by atoms with E-state index in [0.29, 0.717) is 28.7 Å². The zero-order chi connectivity index (χ0) is 19.6. The third-order valence-electron chi connectivity index (χ3n) is 5.34. The van der Waals surface area contributed by atoms with Gasteiger partial charge in [0.15, 0.2) is 0 Å². The molecule has 3 nitrogen and oxygen atoms in total. The van der Waals surface area contributed by atoms with Gasteiger partial charge in [-0.2, -0.15) is 13.2 Å². The summed E-state index contributed by atoms with van der Waals surface area (Å²) in [7, 11) is 1.69. The summed E-state index contributed by atoms with van der Waals surface area (Å²) in [4.78, 5) is 14.3. The van der Waals surface area contributed by atoms with Gasteiger partial charge >= 0.3 is 6.18 Å². The molecule has 0 radical (unpaired) electrons. The molecule has 6 heteroatoms. The molecular formula is C22H15F3N2O. The molecular weight excluding hydrogens is 365 g/mol. The van der Waals surface area contributed by atoms with Crippen LogP contribution in [0.25, 0.3) is 27.5 Å². The minimum Gasteiger partial charge on any atom is -0.337 e. The summed E-state index contributed by atoms with van der Waals surface area (Å²) in [5, 5.41) is 1.24. The Morgan fingerprint density at radius 3 is 2.39 bits per heavy atom. The van der Waals surface area contributed by atoms with Crippen LogP contribution in [0.15, 0.2) is 60.7 Å². The quantitative estimate of drug-likeness (QED) is 0.435. The number of alkyl halides is 3. The predicted octanol–water partition coefficient (Wildman–Crippen LogP) is 5.39. The van der Waals surface area contributed by atoms with E-state index in [2.05, 4.69) is 0 Å². The van der Waals surface area contributed by atoms with E-state index in [0.717, 1.165) is 17.0 Å². The Morgan fingerprint density at radius 1 is 0.893 bits per heavy atom. The second-order valence-electron chi connectivity index (χ2n) is 7.02. The molecule has 0 atom stereocenters. The maximum atomic E-state index is 13.9. The van der Waals surface area contributed by atoms with Crippen molar-refractivity contribution in [2.75, 3.05) is 7.05 Å². The lowest BCUT2D eigenvalue weighted by Gasteiger charge is -2.15. The van der Waals surface area contributed by atoms with Crippen LogP contribution < -0.4 is 0 Å². The predicted molar refractivity (Wildman–Crippen MR) is 102 cm³/mol. The zero-order valence-corrected chi connectivity index (χ0v) is 14.9. The smallest absolute Gasteiger partial charge is 0.337 e. The molecule has 0 aliphatic carbocycles. The molecule has 0 N–H and O–H groups in total. The molecule has 140 valence electrons. The van der Waals surface area contributed by atoms with E-state index in [9.17, 15) is 18.0 Å². The van der Waals surface area contributed by atoms with Crippen molar-refractivity contribution >= 4 is 27.7 Å². The summed E-state index contributed by atoms with van der Waals surface area (Å²) in [6.07, 6.45) is -4.51. The number of hydrogen-bond acceptors (Lipinski definition) is 1. The Kier molecular flexibility index (Phi) is 3.38. The van der Waals surface area contributed by atoms with Crippen LogP contribution in [-0.4, -0.2) is 22.4 Å². The normalized spacial score (nSPS) is 14.3. The van der Waals surface area contributed by atoms with E-state index in [1.807, 2.05) is 12.1 Å². The van der Waals surface area contributed by atoms with E-state index in [1.165, 1.54) is 6.07 Å². The van der Waals surface area contributed by atoms with Gasteiger partial charge < -0.3 is 9.47 Å². The van der Waals surface area contributed by atoms with Crippen molar-refractivity contribution in [2.45, 2.75) is 12.7 Å². The van der Waals surface area contributed by atoms with Crippen molar-refractivity contribution in [1.29, 1.82) is 0 Å². The van der Waals surface area contributed by atoms with Crippen LogP contribution in [0.2, 0.25) is 0 Å². The number of hydrogen-bond donors (Lipinski definition) is 0. The van der Waals surface area contributed by atoms with Crippen LogP contribution in [0, 0.1) is 0 Å². The fourth-order valence-corrected chi connectivity index (χ4v) is 4.17. The standard InChI is InChI=1S/C22H15F3N2O/c1-26-12-13-6-4-11-18(19(13)21(26)28)27-17-10-3-2-7-14(17)15-8-5-9-16(20(15)27)22(23,24)25/h2-11H,12H2,1H3. The van der Waals surface area contributed by atoms with E-state index in [4.69, 9.17) is 0 Å². The molecule has 0 bridgehead atoms. The Labute approximate surface area is 158 Å². The van der Waals surface area contributed by atoms with Gasteiger partial charge in [0.05, 0.1) is 27.8 Å². The van der Waals surface area contributed by atoms with Crippen LogP contribution in [0.3, 0.4) is 0 Å². The van der Waals surface area contributed by atoms with Crippen molar-refractivity contribution in [3.8, 4) is 5.69 Å². The summed E-state index contributed by atoms with van der Waals surface area (Å²) >= 11 is 0. The first-order valence-electron chi connectivity index (χ1n) is 8.85. The molecule has 1 aliphatic heterocycles. The zero-order valence-electron chi connectivity index (χ0n) is 14.9. The third kappa shape index (κ3) is 2.21. The highest BCUT2D eigenvalue weighted by Gasteiger charge is 2.36. The summed E-state index contributed by atoms with van der Waals surface area (Å²) in [5.41, 5.74) is 1.77. The molecule has 4 aromatic rings. The van der Waals surface area contributed by atoms with Crippen LogP contribution >= 0.6 is 0 Å². The lowest BCUT2D eigenvalue weighted by Crippen LogP contribution is -2.18. The molecule has 0 saturated carbocycles. The number of rotatable bonds is 1. The highest BCUT2D eigenvalue weighted by molar-refractivity contribution is 6.12. The number of fused-ring (bicyclic) bond motifs is 4. The minimum atomic E-state index is -4.51. The maximum Gasteiger partial charge on any atom is 0.418 e. The van der Waals surface area contributed by atoms with Crippen LogP contribution in [0.1, 0.15) is 21.5 Å². The van der Waals surface area contributed by atoms with Crippen molar-refractivity contribution in [2.24, 2.45) is 0 Å². The molecule has 1 aliphatic rings. The van der Waals surface area contributed by atoms with Crippen molar-refractivity contribution in [1.82, 2.24) is 9.47 Å². The molecule has 0 unspecified atom stereocenters. The van der Waals surface area contributed by atoms with Crippen LogP contribution in [-0.2, 0) is 12.7 Å². The number of para-hydroxylation sites is 2. The van der Waals surface area contributed by atoms with Gasteiger partial charge in [0.1, 0.15) is 0 Å². The van der Waals surface area contributed by atoms with Gasteiger partial charge in [0, 0.05) is 24.4 Å². The monoisotopic (exact) mass is 380 g/mol. The lowest BCUT2D eigenvalue weighted by molar-refractivity contribution is -0.136. The number of amides is 1. The molecule has 1 aromatic heterocycles. The summed E-state index contributed by atoms with van der Waals surface area (Å²) in [6.45, 7) is 0.450. The molecule has 3 aromatic carbocycles. The average molecular weight is 380 g/mol. The Bertz CT molecular complexity index is 1270. The summed E-state index contributed by atoms with van der Waals surface area (Å²) in [6, 6.07) is 16.8. The van der Waals surface area contributed by atoms with Gasteiger partial charge in [-0.1, -0.05) is 42.5 Å². The van der Waals surface area contributed by atoms with Crippen molar-refractivity contribution in [3.63, 3.8) is 0 Å². The van der Waals surface area contributed by atoms with Crippen LogP contribution in [0.4, 0.5) is 13.2 Å². The summed E-state index contributed by atoms with van der Waals surface area (Å²) in [5.74, 6) is -0.180. The molecule has 1 amide bonds. The number of carbonyl (C=O) groups is 1. The molecule has 28 heavy (non-hydrogen) atoms. The topological polar surface area (TPSA) is 25.2 Å². The van der Waals surface area contributed by atoms with Crippen molar-refractivity contribution in [3.05, 3.63) is 77.4 Å². The largest absolute Gasteiger partial charge is 0.418 e. The first-order chi connectivity index (χ1) is 13.4. The second kappa shape index (κ2) is 5.61. The minimum absolute atomic E-state index is 0.0759.